The molecule has 1 aromatic carbocycles. The highest BCUT2D eigenvalue weighted by molar-refractivity contribution is 5.20. The molecule has 0 spiro atoms. The van der Waals surface area contributed by atoms with Crippen LogP contribution in [0, 0.1) is 11.8 Å². The third-order valence-corrected chi connectivity index (χ3v) is 5.03. The Hall–Kier alpha value is -0.820. The minimum atomic E-state index is -0.162. The average molecular weight is 260 g/mol. The molecule has 106 valence electrons. The summed E-state index contributed by atoms with van der Waals surface area (Å²) in [6.07, 6.45) is 7.21. The summed E-state index contributed by atoms with van der Waals surface area (Å²) in [5.41, 5.74) is 1.30. The lowest BCUT2D eigenvalue weighted by atomic mass is 9.74. The van der Waals surface area contributed by atoms with Gasteiger partial charge < -0.3 is 5.11 Å². The summed E-state index contributed by atoms with van der Waals surface area (Å²) in [6, 6.07) is 10.5. The fourth-order valence-electron chi connectivity index (χ4n) is 3.64. The molecule has 1 aliphatic carbocycles. The molecule has 2 atom stereocenters. The van der Waals surface area contributed by atoms with Gasteiger partial charge in [-0.15, -0.1) is 0 Å². The Kier molecular flexibility index (Phi) is 5.45. The van der Waals surface area contributed by atoms with Crippen molar-refractivity contribution in [3.63, 3.8) is 0 Å². The highest BCUT2D eigenvalue weighted by atomic mass is 16.3. The summed E-state index contributed by atoms with van der Waals surface area (Å²) in [7, 11) is 0. The highest BCUT2D eigenvalue weighted by Crippen LogP contribution is 2.37. The van der Waals surface area contributed by atoms with E-state index in [1.165, 1.54) is 37.7 Å². The monoisotopic (exact) mass is 260 g/mol. The molecule has 1 nitrogen and oxygen atoms in total. The van der Waals surface area contributed by atoms with Crippen LogP contribution in [-0.4, -0.2) is 11.2 Å². The standard InChI is InChI=1S/C18H28O/c1-3-14-10-12-16(13-11-14)18(19)17(4-2)15-8-6-5-7-9-15/h5-9,14,16-19H,3-4,10-13H2,1-2H3. The van der Waals surface area contributed by atoms with Crippen LogP contribution in [0.25, 0.3) is 0 Å². The molecule has 0 saturated heterocycles. The van der Waals surface area contributed by atoms with Gasteiger partial charge in [0, 0.05) is 5.92 Å². The molecule has 0 aliphatic heterocycles. The van der Waals surface area contributed by atoms with Crippen LogP contribution in [0.3, 0.4) is 0 Å². The second kappa shape index (κ2) is 7.09. The molecule has 1 fully saturated rings. The van der Waals surface area contributed by atoms with E-state index in [0.29, 0.717) is 11.8 Å². The van der Waals surface area contributed by atoms with Crippen molar-refractivity contribution in [2.45, 2.75) is 64.4 Å². The van der Waals surface area contributed by atoms with E-state index < -0.39 is 0 Å². The summed E-state index contributed by atoms with van der Waals surface area (Å²) >= 11 is 0. The van der Waals surface area contributed by atoms with E-state index in [1.54, 1.807) is 0 Å². The predicted octanol–water partition coefficient (Wildman–Crippen LogP) is 4.76. The van der Waals surface area contributed by atoms with Gasteiger partial charge in [0.1, 0.15) is 0 Å². The van der Waals surface area contributed by atoms with Crippen molar-refractivity contribution in [2.75, 3.05) is 0 Å². The molecule has 0 amide bonds. The Labute approximate surface area is 118 Å². The predicted molar refractivity (Wildman–Crippen MR) is 81.2 cm³/mol. The Balaban J connectivity index is 1.99. The van der Waals surface area contributed by atoms with E-state index in [0.717, 1.165) is 12.3 Å². The third-order valence-electron chi connectivity index (χ3n) is 5.03. The van der Waals surface area contributed by atoms with E-state index >= 15 is 0 Å². The lowest BCUT2D eigenvalue weighted by Gasteiger charge is -2.35. The molecule has 0 heterocycles. The molecule has 1 aliphatic rings. The van der Waals surface area contributed by atoms with Crippen LogP contribution in [0.15, 0.2) is 30.3 Å². The maximum atomic E-state index is 10.7. The molecule has 0 aromatic heterocycles. The minimum absolute atomic E-state index is 0.162. The van der Waals surface area contributed by atoms with Crippen LogP contribution in [0.2, 0.25) is 0 Å². The van der Waals surface area contributed by atoms with Gasteiger partial charge in [0.2, 0.25) is 0 Å². The number of rotatable bonds is 5. The van der Waals surface area contributed by atoms with Gasteiger partial charge in [0.15, 0.2) is 0 Å². The smallest absolute Gasteiger partial charge is 0.0636 e. The van der Waals surface area contributed by atoms with Crippen molar-refractivity contribution in [2.24, 2.45) is 11.8 Å². The van der Waals surface area contributed by atoms with Gasteiger partial charge >= 0.3 is 0 Å². The first-order valence-electron chi connectivity index (χ1n) is 7.99. The van der Waals surface area contributed by atoms with E-state index in [1.807, 2.05) is 0 Å². The van der Waals surface area contributed by atoms with Crippen LogP contribution in [0.5, 0.6) is 0 Å². The fraction of sp³-hybridized carbons (Fsp3) is 0.667. The average Bonchev–Trinajstić information content (AvgIpc) is 2.49. The summed E-state index contributed by atoms with van der Waals surface area (Å²) < 4.78 is 0. The topological polar surface area (TPSA) is 20.2 Å². The fourth-order valence-corrected chi connectivity index (χ4v) is 3.64. The van der Waals surface area contributed by atoms with Gasteiger partial charge in [-0.3, -0.25) is 0 Å². The molecule has 2 rings (SSSR count). The zero-order chi connectivity index (χ0) is 13.7. The molecule has 2 unspecified atom stereocenters. The molecule has 1 saturated carbocycles. The molecule has 0 bridgehead atoms. The van der Waals surface area contributed by atoms with Crippen molar-refractivity contribution in [1.29, 1.82) is 0 Å². The SMILES string of the molecule is CCC1CCC(C(O)C(CC)c2ccccc2)CC1. The van der Waals surface area contributed by atoms with E-state index in [4.69, 9.17) is 0 Å². The van der Waals surface area contributed by atoms with Crippen molar-refractivity contribution in [3.05, 3.63) is 35.9 Å². The Morgan fingerprint density at radius 1 is 1.05 bits per heavy atom. The number of aliphatic hydroxyl groups is 1. The summed E-state index contributed by atoms with van der Waals surface area (Å²) in [5.74, 6) is 1.72. The van der Waals surface area contributed by atoms with Crippen LogP contribution < -0.4 is 0 Å². The quantitative estimate of drug-likeness (QED) is 0.809. The maximum Gasteiger partial charge on any atom is 0.0636 e. The number of hydrogen-bond donors (Lipinski definition) is 1. The van der Waals surface area contributed by atoms with E-state index in [-0.39, 0.29) is 6.10 Å². The lowest BCUT2D eigenvalue weighted by molar-refractivity contribution is 0.0495. The molecule has 1 N–H and O–H groups in total. The molecule has 1 heteroatoms. The Bertz CT molecular complexity index is 351. The second-order valence-corrected chi connectivity index (χ2v) is 6.11. The summed E-state index contributed by atoms with van der Waals surface area (Å²) in [4.78, 5) is 0. The van der Waals surface area contributed by atoms with Gasteiger partial charge in [-0.25, -0.2) is 0 Å². The van der Waals surface area contributed by atoms with Gasteiger partial charge in [0.05, 0.1) is 6.10 Å². The molecule has 19 heavy (non-hydrogen) atoms. The normalized spacial score (nSPS) is 26.9. The van der Waals surface area contributed by atoms with Crippen LogP contribution in [-0.2, 0) is 0 Å². The Morgan fingerprint density at radius 2 is 1.68 bits per heavy atom. The summed E-state index contributed by atoms with van der Waals surface area (Å²) in [5, 5.41) is 10.7. The highest BCUT2D eigenvalue weighted by Gasteiger charge is 2.30. The van der Waals surface area contributed by atoms with Crippen molar-refractivity contribution < 1.29 is 5.11 Å². The first-order chi connectivity index (χ1) is 9.26. The number of benzene rings is 1. The van der Waals surface area contributed by atoms with Crippen LogP contribution in [0.4, 0.5) is 0 Å². The van der Waals surface area contributed by atoms with Gasteiger partial charge in [-0.05, 0) is 36.7 Å². The lowest BCUT2D eigenvalue weighted by Crippen LogP contribution is -2.30. The largest absolute Gasteiger partial charge is 0.392 e. The van der Waals surface area contributed by atoms with Crippen molar-refractivity contribution in [1.82, 2.24) is 0 Å². The summed E-state index contributed by atoms with van der Waals surface area (Å²) in [6.45, 7) is 4.48. The number of hydrogen-bond acceptors (Lipinski definition) is 1. The first-order valence-corrected chi connectivity index (χ1v) is 7.99. The van der Waals surface area contributed by atoms with Gasteiger partial charge in [-0.2, -0.15) is 0 Å². The Morgan fingerprint density at radius 3 is 2.21 bits per heavy atom. The molecule has 0 radical (unpaired) electrons. The zero-order valence-corrected chi connectivity index (χ0v) is 12.4. The number of aliphatic hydroxyl groups excluding tert-OH is 1. The van der Waals surface area contributed by atoms with Crippen LogP contribution in [0.1, 0.15) is 63.9 Å². The van der Waals surface area contributed by atoms with Crippen LogP contribution >= 0.6 is 0 Å². The van der Waals surface area contributed by atoms with E-state index in [9.17, 15) is 5.11 Å². The van der Waals surface area contributed by atoms with Crippen molar-refractivity contribution >= 4 is 0 Å². The minimum Gasteiger partial charge on any atom is -0.392 e. The second-order valence-electron chi connectivity index (χ2n) is 6.11. The van der Waals surface area contributed by atoms with Crippen molar-refractivity contribution in [3.8, 4) is 0 Å². The zero-order valence-electron chi connectivity index (χ0n) is 12.4. The maximum absolute atomic E-state index is 10.7. The third kappa shape index (κ3) is 3.60. The van der Waals surface area contributed by atoms with E-state index in [2.05, 4.69) is 44.2 Å². The molecular formula is C18H28O. The molecule has 1 aromatic rings. The first kappa shape index (κ1) is 14.6. The molecular weight excluding hydrogens is 232 g/mol. The van der Waals surface area contributed by atoms with Gasteiger partial charge in [-0.1, -0.05) is 63.4 Å². The van der Waals surface area contributed by atoms with Gasteiger partial charge in [0.25, 0.3) is 0 Å².